The van der Waals surface area contributed by atoms with E-state index in [4.69, 9.17) is 10.5 Å². The maximum atomic E-state index is 13.2. The van der Waals surface area contributed by atoms with E-state index in [0.717, 1.165) is 37.0 Å². The number of hydrogen-bond acceptors (Lipinski definition) is 7. The van der Waals surface area contributed by atoms with Crippen LogP contribution in [0.1, 0.15) is 67.4 Å². The van der Waals surface area contributed by atoms with Gasteiger partial charge < -0.3 is 15.8 Å². The number of carbonyl (C=O) groups is 3. The van der Waals surface area contributed by atoms with E-state index in [9.17, 15) is 14.4 Å². The molecule has 5 atom stereocenters. The molecule has 35 heavy (non-hydrogen) atoms. The molecule has 0 spiro atoms. The highest BCUT2D eigenvalue weighted by Crippen LogP contribution is 2.62. The molecule has 0 aliphatic heterocycles. The largest absolute Gasteiger partial charge is 0.426 e. The third kappa shape index (κ3) is 4.54. The lowest BCUT2D eigenvalue weighted by Crippen LogP contribution is -2.44. The average molecular weight is 496 g/mol. The third-order valence-corrected chi connectivity index (χ3v) is 9.38. The summed E-state index contributed by atoms with van der Waals surface area (Å²) < 4.78 is 5.33. The van der Waals surface area contributed by atoms with Crippen molar-refractivity contribution in [1.82, 2.24) is 4.98 Å². The number of nitrogens with one attached hydrogen (secondary N) is 1. The van der Waals surface area contributed by atoms with Gasteiger partial charge in [0.25, 0.3) is 0 Å². The van der Waals surface area contributed by atoms with Crippen LogP contribution in [0.4, 0.5) is 5.13 Å². The van der Waals surface area contributed by atoms with Gasteiger partial charge in [-0.1, -0.05) is 13.0 Å². The Labute approximate surface area is 209 Å². The van der Waals surface area contributed by atoms with E-state index in [-0.39, 0.29) is 23.8 Å². The molecule has 186 valence electrons. The number of fused-ring (bicyclic) bond motifs is 5. The predicted molar refractivity (Wildman–Crippen MR) is 134 cm³/mol. The van der Waals surface area contributed by atoms with Gasteiger partial charge in [0.15, 0.2) is 5.13 Å². The number of Topliss-reactive ketones (excluding diaryl/α,β-unsaturated/α-hetero) is 1. The minimum absolute atomic E-state index is 0.0266. The molecular formula is C27H33N3O4S. The van der Waals surface area contributed by atoms with Gasteiger partial charge in [0.1, 0.15) is 11.5 Å². The fourth-order valence-corrected chi connectivity index (χ4v) is 7.71. The molecule has 0 saturated heterocycles. The molecule has 2 saturated carbocycles. The fraction of sp³-hybridized carbons (Fsp3) is 0.556. The summed E-state index contributed by atoms with van der Waals surface area (Å²) in [6.45, 7) is 3.99. The second kappa shape index (κ2) is 9.47. The number of aromatic nitrogens is 1. The molecule has 1 aromatic heterocycles. The first-order chi connectivity index (χ1) is 16.8. The number of nitrogens with zero attached hydrogens (tertiary/aromatic N) is 1. The topological polar surface area (TPSA) is 111 Å². The van der Waals surface area contributed by atoms with Crippen LogP contribution < -0.4 is 15.8 Å². The summed E-state index contributed by atoms with van der Waals surface area (Å²) in [6.07, 6.45) is 7.28. The molecule has 3 aliphatic rings. The van der Waals surface area contributed by atoms with Crippen molar-refractivity contribution in [1.29, 1.82) is 0 Å². The lowest BCUT2D eigenvalue weighted by atomic mass is 9.54. The summed E-state index contributed by atoms with van der Waals surface area (Å²) >= 11 is 1.47. The zero-order valence-corrected chi connectivity index (χ0v) is 21.2. The van der Waals surface area contributed by atoms with Gasteiger partial charge in [0.05, 0.1) is 6.54 Å². The van der Waals surface area contributed by atoms with Gasteiger partial charge in [-0.15, -0.1) is 11.3 Å². The Morgan fingerprint density at radius 1 is 1.31 bits per heavy atom. The third-order valence-electron chi connectivity index (χ3n) is 8.55. The van der Waals surface area contributed by atoms with Crippen molar-refractivity contribution in [2.24, 2.45) is 28.9 Å². The van der Waals surface area contributed by atoms with Crippen LogP contribution in [0.15, 0.2) is 24.4 Å². The molecule has 0 radical (unpaired) electrons. The van der Waals surface area contributed by atoms with Crippen LogP contribution in [0.2, 0.25) is 0 Å². The second-order valence-electron chi connectivity index (χ2n) is 10.6. The number of esters is 1. The Morgan fingerprint density at radius 2 is 2.14 bits per heavy atom. The number of hydrogen-bond donors (Lipinski definition) is 2. The number of thiazole rings is 1. The summed E-state index contributed by atoms with van der Waals surface area (Å²) in [4.78, 5) is 42.7. The number of rotatable bonds is 6. The number of carbonyl (C=O) groups excluding carboxylic acids is 3. The molecule has 0 bridgehead atoms. The van der Waals surface area contributed by atoms with E-state index in [0.29, 0.717) is 47.3 Å². The van der Waals surface area contributed by atoms with Crippen molar-refractivity contribution in [3.8, 4) is 5.75 Å². The Morgan fingerprint density at radius 3 is 2.89 bits per heavy atom. The number of nitrogens with two attached hydrogens (primary N) is 1. The minimum atomic E-state index is -0.437. The van der Waals surface area contributed by atoms with Crippen LogP contribution in [0.25, 0.3) is 0 Å². The standard InChI is InChI=1S/C27H33N3O4S/c1-15-14-29-26(35-15)30-23(32)8-4-17-12-22(31)27(2)10-9-20-19-7-5-18(34-24(33)13-28)11-16(19)3-6-21(20)25(17)27/h5,7,11,14,17,20-21,25H,3-4,6,8-10,12-13,28H2,1-2H3,(H,29,30,32)/t17-,20?,21?,25?,27-/m1/s1. The molecule has 3 unspecified atom stereocenters. The van der Waals surface area contributed by atoms with Crippen molar-refractivity contribution in [2.45, 2.75) is 64.7 Å². The molecule has 3 aliphatic carbocycles. The highest BCUT2D eigenvalue weighted by molar-refractivity contribution is 7.15. The number of ether oxygens (including phenoxy) is 1. The molecule has 3 N–H and O–H groups in total. The van der Waals surface area contributed by atoms with Crippen LogP contribution in [-0.2, 0) is 20.8 Å². The second-order valence-corrected chi connectivity index (χ2v) is 11.8. The molecule has 1 aromatic carbocycles. The van der Waals surface area contributed by atoms with E-state index < -0.39 is 5.97 Å². The van der Waals surface area contributed by atoms with E-state index in [1.807, 2.05) is 19.1 Å². The molecule has 5 rings (SSSR count). The Bertz CT molecular complexity index is 1160. The first-order valence-electron chi connectivity index (χ1n) is 12.6. The SMILES string of the molecule is Cc1cnc(NC(=O)CC[C@@H]2CC(=O)[C@@]3(C)CCC4c5ccc(OC(=O)CN)cc5CCC4C23)s1. The van der Waals surface area contributed by atoms with E-state index in [1.54, 1.807) is 6.20 Å². The maximum absolute atomic E-state index is 13.2. The minimum Gasteiger partial charge on any atom is -0.426 e. The smallest absolute Gasteiger partial charge is 0.325 e. The van der Waals surface area contributed by atoms with Gasteiger partial charge in [-0.2, -0.15) is 0 Å². The van der Waals surface area contributed by atoms with Crippen molar-refractivity contribution in [2.75, 3.05) is 11.9 Å². The molecule has 2 fully saturated rings. The normalized spacial score (nSPS) is 29.2. The lowest BCUT2D eigenvalue weighted by molar-refractivity contribution is -0.132. The highest BCUT2D eigenvalue weighted by Gasteiger charge is 2.58. The number of benzene rings is 1. The first-order valence-corrected chi connectivity index (χ1v) is 13.4. The molecule has 2 aromatic rings. The summed E-state index contributed by atoms with van der Waals surface area (Å²) in [5.74, 6) is 1.82. The zero-order chi connectivity index (χ0) is 24.7. The molecular weight excluding hydrogens is 462 g/mol. The summed E-state index contributed by atoms with van der Waals surface area (Å²) in [5.41, 5.74) is 7.65. The van der Waals surface area contributed by atoms with Crippen LogP contribution >= 0.6 is 11.3 Å². The number of amides is 1. The summed E-state index contributed by atoms with van der Waals surface area (Å²) in [6, 6.07) is 5.95. The van der Waals surface area contributed by atoms with E-state index in [1.165, 1.54) is 22.5 Å². The summed E-state index contributed by atoms with van der Waals surface area (Å²) in [5, 5.41) is 3.55. The van der Waals surface area contributed by atoms with Gasteiger partial charge in [0, 0.05) is 29.3 Å². The Hall–Kier alpha value is -2.58. The zero-order valence-electron chi connectivity index (χ0n) is 20.3. The summed E-state index contributed by atoms with van der Waals surface area (Å²) in [7, 11) is 0. The Balaban J connectivity index is 1.31. The monoisotopic (exact) mass is 495 g/mol. The number of anilines is 1. The molecule has 7 nitrogen and oxygen atoms in total. The van der Waals surface area contributed by atoms with E-state index >= 15 is 0 Å². The highest BCUT2D eigenvalue weighted by atomic mass is 32.1. The van der Waals surface area contributed by atoms with Crippen molar-refractivity contribution < 1.29 is 19.1 Å². The van der Waals surface area contributed by atoms with Gasteiger partial charge in [0.2, 0.25) is 5.91 Å². The van der Waals surface area contributed by atoms with Gasteiger partial charge in [-0.3, -0.25) is 14.4 Å². The quantitative estimate of drug-likeness (QED) is 0.454. The number of ketones is 1. The van der Waals surface area contributed by atoms with Crippen molar-refractivity contribution in [3.05, 3.63) is 40.4 Å². The van der Waals surface area contributed by atoms with Gasteiger partial charge in [-0.05, 0) is 86.0 Å². The molecule has 8 heteroatoms. The van der Waals surface area contributed by atoms with Crippen molar-refractivity contribution in [3.63, 3.8) is 0 Å². The Kier molecular flexibility index (Phi) is 6.53. The van der Waals surface area contributed by atoms with Gasteiger partial charge >= 0.3 is 5.97 Å². The van der Waals surface area contributed by atoms with Crippen LogP contribution in [-0.4, -0.2) is 29.2 Å². The first kappa shape index (κ1) is 24.1. The average Bonchev–Trinajstić information content (AvgIpc) is 3.36. The molecule has 1 amide bonds. The van der Waals surface area contributed by atoms with Crippen LogP contribution in [0.5, 0.6) is 5.75 Å². The van der Waals surface area contributed by atoms with E-state index in [2.05, 4.69) is 23.3 Å². The maximum Gasteiger partial charge on any atom is 0.325 e. The molecule has 1 heterocycles. The lowest BCUT2D eigenvalue weighted by Gasteiger charge is -2.50. The predicted octanol–water partition coefficient (Wildman–Crippen LogP) is 4.39. The van der Waals surface area contributed by atoms with Crippen LogP contribution in [0.3, 0.4) is 0 Å². The van der Waals surface area contributed by atoms with Crippen molar-refractivity contribution >= 4 is 34.1 Å². The fourth-order valence-electron chi connectivity index (χ4n) is 7.03. The number of aryl methyl sites for hydroxylation is 2. The van der Waals surface area contributed by atoms with Crippen LogP contribution in [0, 0.1) is 30.1 Å². The van der Waals surface area contributed by atoms with Gasteiger partial charge in [-0.25, -0.2) is 4.98 Å².